The summed E-state index contributed by atoms with van der Waals surface area (Å²) in [7, 11) is 0. The molecule has 0 aliphatic heterocycles. The van der Waals surface area contributed by atoms with Gasteiger partial charge in [-0.15, -0.1) is 0 Å². The summed E-state index contributed by atoms with van der Waals surface area (Å²) in [6.07, 6.45) is 3.32. The molecule has 0 aromatic heterocycles. The minimum absolute atomic E-state index is 0.0294. The summed E-state index contributed by atoms with van der Waals surface area (Å²) in [5.74, 6) is 0. The van der Waals surface area contributed by atoms with Gasteiger partial charge in [0.2, 0.25) is 0 Å². The minimum Gasteiger partial charge on any atom is -0.396 e. The first-order chi connectivity index (χ1) is 6.47. The Morgan fingerprint density at radius 3 is 2.50 bits per heavy atom. The van der Waals surface area contributed by atoms with Gasteiger partial charge in [-0.1, -0.05) is 6.92 Å². The predicted molar refractivity (Wildman–Crippen MR) is 59.1 cm³/mol. The molecular formula is C11H24N2O. The third kappa shape index (κ3) is 2.27. The normalized spacial score (nSPS) is 25.5. The van der Waals surface area contributed by atoms with Crippen molar-refractivity contribution in [2.75, 3.05) is 13.2 Å². The zero-order chi connectivity index (χ0) is 10.8. The summed E-state index contributed by atoms with van der Waals surface area (Å²) in [5, 5.41) is 12.4. The average molecular weight is 200 g/mol. The average Bonchev–Trinajstić information content (AvgIpc) is 2.85. The van der Waals surface area contributed by atoms with E-state index in [-0.39, 0.29) is 12.1 Å². The van der Waals surface area contributed by atoms with Crippen LogP contribution in [-0.4, -0.2) is 29.8 Å². The van der Waals surface area contributed by atoms with Crippen molar-refractivity contribution < 1.29 is 5.11 Å². The third-order valence-electron chi connectivity index (χ3n) is 3.87. The Kier molecular flexibility index (Phi) is 3.56. The van der Waals surface area contributed by atoms with Crippen LogP contribution in [0.25, 0.3) is 0 Å². The van der Waals surface area contributed by atoms with Gasteiger partial charge < -0.3 is 16.2 Å². The Morgan fingerprint density at radius 2 is 2.14 bits per heavy atom. The van der Waals surface area contributed by atoms with E-state index in [0.717, 1.165) is 6.42 Å². The molecular weight excluding hydrogens is 176 g/mol. The van der Waals surface area contributed by atoms with Gasteiger partial charge >= 0.3 is 0 Å². The number of nitrogens with two attached hydrogens (primary N) is 1. The fraction of sp³-hybridized carbons (Fsp3) is 1.00. The van der Waals surface area contributed by atoms with Crippen molar-refractivity contribution in [3.63, 3.8) is 0 Å². The van der Waals surface area contributed by atoms with Crippen LogP contribution in [0.3, 0.4) is 0 Å². The zero-order valence-corrected chi connectivity index (χ0v) is 9.64. The molecule has 0 radical (unpaired) electrons. The van der Waals surface area contributed by atoms with Crippen LogP contribution in [0.1, 0.15) is 40.0 Å². The third-order valence-corrected chi connectivity index (χ3v) is 3.87. The molecule has 0 saturated heterocycles. The molecule has 1 fully saturated rings. The summed E-state index contributed by atoms with van der Waals surface area (Å²) >= 11 is 0. The van der Waals surface area contributed by atoms with Gasteiger partial charge in [0, 0.05) is 24.7 Å². The maximum absolute atomic E-state index is 8.85. The van der Waals surface area contributed by atoms with Crippen LogP contribution < -0.4 is 11.1 Å². The fourth-order valence-electron chi connectivity index (χ4n) is 2.03. The Hall–Kier alpha value is -0.120. The van der Waals surface area contributed by atoms with E-state index in [2.05, 4.69) is 26.1 Å². The number of hydrogen-bond acceptors (Lipinski definition) is 3. The molecule has 3 nitrogen and oxygen atoms in total. The van der Waals surface area contributed by atoms with E-state index in [0.29, 0.717) is 18.0 Å². The quantitative estimate of drug-likeness (QED) is 0.596. The summed E-state index contributed by atoms with van der Waals surface area (Å²) in [4.78, 5) is 0. The first-order valence-corrected chi connectivity index (χ1v) is 5.56. The predicted octanol–water partition coefficient (Wildman–Crippen LogP) is 0.864. The van der Waals surface area contributed by atoms with Gasteiger partial charge in [-0.25, -0.2) is 0 Å². The molecule has 0 bridgehead atoms. The van der Waals surface area contributed by atoms with Gasteiger partial charge in [0.25, 0.3) is 0 Å². The number of nitrogens with one attached hydrogen (secondary N) is 1. The first-order valence-electron chi connectivity index (χ1n) is 5.56. The van der Waals surface area contributed by atoms with Crippen LogP contribution in [0.15, 0.2) is 0 Å². The Labute approximate surface area is 87.1 Å². The zero-order valence-electron chi connectivity index (χ0n) is 9.64. The largest absolute Gasteiger partial charge is 0.396 e. The lowest BCUT2D eigenvalue weighted by molar-refractivity contribution is 0.189. The topological polar surface area (TPSA) is 58.3 Å². The smallest absolute Gasteiger partial charge is 0.0445 e. The summed E-state index contributed by atoms with van der Waals surface area (Å²) in [6, 6.07) is 0.339. The van der Waals surface area contributed by atoms with Crippen molar-refractivity contribution in [3.8, 4) is 0 Å². The number of aliphatic hydroxyl groups excluding tert-OH is 1. The van der Waals surface area contributed by atoms with Crippen LogP contribution in [0.4, 0.5) is 0 Å². The highest BCUT2D eigenvalue weighted by atomic mass is 16.3. The molecule has 0 spiro atoms. The van der Waals surface area contributed by atoms with Crippen LogP contribution in [0.5, 0.6) is 0 Å². The molecule has 1 aliphatic carbocycles. The number of aliphatic hydroxyl groups is 1. The summed E-state index contributed by atoms with van der Waals surface area (Å²) in [5.41, 5.74) is 6.25. The van der Waals surface area contributed by atoms with Crippen molar-refractivity contribution in [3.05, 3.63) is 0 Å². The lowest BCUT2D eigenvalue weighted by Gasteiger charge is -2.39. The van der Waals surface area contributed by atoms with E-state index in [4.69, 9.17) is 10.8 Å². The van der Waals surface area contributed by atoms with Gasteiger partial charge in [0.1, 0.15) is 0 Å². The molecule has 0 aromatic rings. The second-order valence-electron chi connectivity index (χ2n) is 5.15. The summed E-state index contributed by atoms with van der Waals surface area (Å²) < 4.78 is 0. The van der Waals surface area contributed by atoms with Gasteiger partial charge in [-0.05, 0) is 38.5 Å². The maximum Gasteiger partial charge on any atom is 0.0445 e. The van der Waals surface area contributed by atoms with E-state index < -0.39 is 0 Å². The molecule has 2 unspecified atom stereocenters. The Morgan fingerprint density at radius 1 is 1.57 bits per heavy atom. The van der Waals surface area contributed by atoms with E-state index in [1.165, 1.54) is 12.8 Å². The standard InChI is InChI=1S/C11H24N2O/c1-9(4-7-14)13-11(3,8-12)10(2)5-6-10/h9,13-14H,4-8,12H2,1-3H3. The van der Waals surface area contributed by atoms with E-state index in [9.17, 15) is 0 Å². The second-order valence-corrected chi connectivity index (χ2v) is 5.15. The van der Waals surface area contributed by atoms with Crippen LogP contribution in [-0.2, 0) is 0 Å². The van der Waals surface area contributed by atoms with Gasteiger partial charge in [0.15, 0.2) is 0 Å². The first kappa shape index (κ1) is 12.0. The Bertz CT molecular complexity index is 192. The lowest BCUT2D eigenvalue weighted by atomic mass is 9.83. The van der Waals surface area contributed by atoms with E-state index in [1.807, 2.05) is 0 Å². The van der Waals surface area contributed by atoms with Gasteiger partial charge in [-0.2, -0.15) is 0 Å². The molecule has 1 saturated carbocycles. The highest BCUT2D eigenvalue weighted by Gasteiger charge is 2.52. The molecule has 0 amide bonds. The lowest BCUT2D eigenvalue weighted by Crippen LogP contribution is -2.57. The van der Waals surface area contributed by atoms with Gasteiger partial charge in [-0.3, -0.25) is 0 Å². The van der Waals surface area contributed by atoms with Crippen molar-refractivity contribution in [1.29, 1.82) is 0 Å². The van der Waals surface area contributed by atoms with Crippen molar-refractivity contribution in [2.24, 2.45) is 11.1 Å². The SMILES string of the molecule is CC(CCO)NC(C)(CN)C1(C)CC1. The van der Waals surface area contributed by atoms with Crippen LogP contribution in [0.2, 0.25) is 0 Å². The second kappa shape index (κ2) is 4.17. The van der Waals surface area contributed by atoms with Crippen molar-refractivity contribution in [2.45, 2.75) is 51.6 Å². The van der Waals surface area contributed by atoms with Crippen molar-refractivity contribution >= 4 is 0 Å². The highest BCUT2D eigenvalue weighted by molar-refractivity contribution is 5.09. The van der Waals surface area contributed by atoms with E-state index in [1.54, 1.807) is 0 Å². The molecule has 1 rings (SSSR count). The molecule has 2 atom stereocenters. The van der Waals surface area contributed by atoms with E-state index >= 15 is 0 Å². The number of rotatable bonds is 6. The molecule has 14 heavy (non-hydrogen) atoms. The number of hydrogen-bond donors (Lipinski definition) is 3. The van der Waals surface area contributed by atoms with Crippen LogP contribution >= 0.6 is 0 Å². The molecule has 1 aliphatic rings. The highest BCUT2D eigenvalue weighted by Crippen LogP contribution is 2.53. The molecule has 3 heteroatoms. The fourth-order valence-corrected chi connectivity index (χ4v) is 2.03. The van der Waals surface area contributed by atoms with Crippen molar-refractivity contribution in [1.82, 2.24) is 5.32 Å². The molecule has 84 valence electrons. The maximum atomic E-state index is 8.85. The molecule has 0 heterocycles. The van der Waals surface area contributed by atoms with Gasteiger partial charge in [0.05, 0.1) is 0 Å². The minimum atomic E-state index is 0.0294. The summed E-state index contributed by atoms with van der Waals surface area (Å²) in [6.45, 7) is 7.51. The molecule has 4 N–H and O–H groups in total. The molecule has 0 aromatic carbocycles. The Balaban J connectivity index is 2.53. The monoisotopic (exact) mass is 200 g/mol. The van der Waals surface area contributed by atoms with Crippen LogP contribution in [0, 0.1) is 5.41 Å².